The van der Waals surface area contributed by atoms with E-state index in [0.717, 1.165) is 58.9 Å². The van der Waals surface area contributed by atoms with Crippen LogP contribution >= 0.6 is 24.8 Å². The second kappa shape index (κ2) is 11.7. The molecule has 1 N–H and O–H groups in total. The standard InChI is InChI=1S/C18H34N4O2.2ClH/c1-15-12-20(13-16(2)24-15)14-17-4-3-8-21(17)9-5-18(23)22-10-6-19-7-11-22;;/h15-17,19H,3-14H2,1-2H3;2*1H. The number of hydrogen-bond donors (Lipinski definition) is 1. The minimum atomic E-state index is 0. The van der Waals surface area contributed by atoms with Gasteiger partial charge >= 0.3 is 0 Å². The third kappa shape index (κ3) is 6.80. The van der Waals surface area contributed by atoms with Gasteiger partial charge < -0.3 is 15.0 Å². The molecule has 0 aromatic heterocycles. The Balaban J connectivity index is 0.00000169. The predicted octanol–water partition coefficient (Wildman–Crippen LogP) is 1.23. The summed E-state index contributed by atoms with van der Waals surface area (Å²) in [5, 5.41) is 3.31. The van der Waals surface area contributed by atoms with Gasteiger partial charge in [0.1, 0.15) is 0 Å². The lowest BCUT2D eigenvalue weighted by molar-refractivity contribution is -0.132. The van der Waals surface area contributed by atoms with E-state index in [4.69, 9.17) is 4.74 Å². The molecule has 0 bridgehead atoms. The molecule has 8 heteroatoms. The maximum absolute atomic E-state index is 12.4. The van der Waals surface area contributed by atoms with E-state index in [2.05, 4.69) is 29.0 Å². The third-order valence-electron chi connectivity index (χ3n) is 5.55. The maximum atomic E-state index is 12.4. The van der Waals surface area contributed by atoms with Crippen molar-refractivity contribution in [2.45, 2.75) is 51.4 Å². The largest absolute Gasteiger partial charge is 0.373 e. The summed E-state index contributed by atoms with van der Waals surface area (Å²) in [6.07, 6.45) is 3.87. The Morgan fingerprint density at radius 3 is 2.38 bits per heavy atom. The summed E-state index contributed by atoms with van der Waals surface area (Å²) in [6.45, 7) is 13.2. The lowest BCUT2D eigenvalue weighted by Crippen LogP contribution is -2.50. The first-order chi connectivity index (χ1) is 11.6. The van der Waals surface area contributed by atoms with Crippen molar-refractivity contribution in [1.29, 1.82) is 0 Å². The number of morpholine rings is 1. The summed E-state index contributed by atoms with van der Waals surface area (Å²) >= 11 is 0. The SMILES string of the molecule is CC1CN(CC2CCCN2CCC(=O)N2CCNCC2)CC(C)O1.Cl.Cl. The number of piperazine rings is 1. The molecule has 3 rings (SSSR count). The molecule has 3 aliphatic heterocycles. The molecular weight excluding hydrogens is 375 g/mol. The molecule has 0 saturated carbocycles. The summed E-state index contributed by atoms with van der Waals surface area (Å²) in [4.78, 5) is 19.5. The van der Waals surface area contributed by atoms with Crippen molar-refractivity contribution in [3.8, 4) is 0 Å². The number of rotatable bonds is 5. The molecule has 0 spiro atoms. The second-order valence-corrected chi connectivity index (χ2v) is 7.69. The van der Waals surface area contributed by atoms with Crippen molar-refractivity contribution in [3.05, 3.63) is 0 Å². The van der Waals surface area contributed by atoms with Crippen molar-refractivity contribution < 1.29 is 9.53 Å². The molecule has 3 saturated heterocycles. The molecule has 3 fully saturated rings. The molecule has 0 radical (unpaired) electrons. The summed E-state index contributed by atoms with van der Waals surface area (Å²) in [5.41, 5.74) is 0. The number of amides is 1. The van der Waals surface area contributed by atoms with Gasteiger partial charge in [-0.1, -0.05) is 0 Å². The van der Waals surface area contributed by atoms with Gasteiger partial charge in [-0.15, -0.1) is 24.8 Å². The fraction of sp³-hybridized carbons (Fsp3) is 0.944. The highest BCUT2D eigenvalue weighted by Gasteiger charge is 2.30. The van der Waals surface area contributed by atoms with Crippen LogP contribution in [-0.4, -0.2) is 97.8 Å². The summed E-state index contributed by atoms with van der Waals surface area (Å²) in [6, 6.07) is 0.610. The molecular formula is C18H36Cl2N4O2. The van der Waals surface area contributed by atoms with Gasteiger partial charge in [0.15, 0.2) is 0 Å². The van der Waals surface area contributed by atoms with E-state index in [1.807, 2.05) is 4.90 Å². The lowest BCUT2D eigenvalue weighted by Gasteiger charge is -2.38. The van der Waals surface area contributed by atoms with E-state index in [1.54, 1.807) is 0 Å². The number of halogens is 2. The zero-order valence-electron chi connectivity index (χ0n) is 16.2. The number of carbonyl (C=O) groups excluding carboxylic acids is 1. The quantitative estimate of drug-likeness (QED) is 0.738. The summed E-state index contributed by atoms with van der Waals surface area (Å²) in [7, 11) is 0. The van der Waals surface area contributed by atoms with Gasteiger partial charge in [0, 0.05) is 64.8 Å². The van der Waals surface area contributed by atoms with Crippen molar-refractivity contribution in [1.82, 2.24) is 20.0 Å². The van der Waals surface area contributed by atoms with Crippen molar-refractivity contribution in [2.75, 3.05) is 58.9 Å². The lowest BCUT2D eigenvalue weighted by atomic mass is 10.1. The number of ether oxygens (including phenoxy) is 1. The molecule has 3 atom stereocenters. The van der Waals surface area contributed by atoms with E-state index >= 15 is 0 Å². The zero-order chi connectivity index (χ0) is 16.9. The maximum Gasteiger partial charge on any atom is 0.223 e. The molecule has 3 heterocycles. The predicted molar refractivity (Wildman–Crippen MR) is 110 cm³/mol. The van der Waals surface area contributed by atoms with Gasteiger partial charge in [-0.3, -0.25) is 14.6 Å². The molecule has 3 unspecified atom stereocenters. The minimum Gasteiger partial charge on any atom is -0.373 e. The minimum absolute atomic E-state index is 0. The van der Waals surface area contributed by atoms with Crippen LogP contribution in [0.25, 0.3) is 0 Å². The van der Waals surface area contributed by atoms with Crippen molar-refractivity contribution in [2.24, 2.45) is 0 Å². The number of carbonyl (C=O) groups is 1. The van der Waals surface area contributed by atoms with E-state index in [9.17, 15) is 4.79 Å². The van der Waals surface area contributed by atoms with Gasteiger partial charge in [-0.25, -0.2) is 0 Å². The van der Waals surface area contributed by atoms with Gasteiger partial charge in [-0.05, 0) is 33.2 Å². The molecule has 1 amide bonds. The average Bonchev–Trinajstić information content (AvgIpc) is 2.99. The molecule has 6 nitrogen and oxygen atoms in total. The highest BCUT2D eigenvalue weighted by atomic mass is 35.5. The fourth-order valence-electron chi connectivity index (χ4n) is 4.44. The smallest absolute Gasteiger partial charge is 0.223 e. The number of likely N-dealkylation sites (tertiary alicyclic amines) is 1. The van der Waals surface area contributed by atoms with Crippen LogP contribution in [0.1, 0.15) is 33.1 Å². The molecule has 26 heavy (non-hydrogen) atoms. The van der Waals surface area contributed by atoms with Crippen LogP contribution < -0.4 is 5.32 Å². The first-order valence-corrected chi connectivity index (χ1v) is 9.72. The first kappa shape index (κ1) is 23.9. The van der Waals surface area contributed by atoms with Crippen molar-refractivity contribution in [3.63, 3.8) is 0 Å². The van der Waals surface area contributed by atoms with Crippen LogP contribution in [0.5, 0.6) is 0 Å². The van der Waals surface area contributed by atoms with Crippen LogP contribution in [0.15, 0.2) is 0 Å². The third-order valence-corrected chi connectivity index (χ3v) is 5.55. The first-order valence-electron chi connectivity index (χ1n) is 9.72. The summed E-state index contributed by atoms with van der Waals surface area (Å²) in [5.74, 6) is 0.329. The highest BCUT2D eigenvalue weighted by Crippen LogP contribution is 2.21. The number of nitrogens with one attached hydrogen (secondary N) is 1. The van der Waals surface area contributed by atoms with E-state index < -0.39 is 0 Å². The van der Waals surface area contributed by atoms with Crippen LogP contribution in [-0.2, 0) is 9.53 Å². The van der Waals surface area contributed by atoms with E-state index in [1.165, 1.54) is 12.8 Å². The molecule has 0 aromatic rings. The van der Waals surface area contributed by atoms with Crippen LogP contribution in [0.2, 0.25) is 0 Å². The molecule has 154 valence electrons. The summed E-state index contributed by atoms with van der Waals surface area (Å²) < 4.78 is 5.84. The second-order valence-electron chi connectivity index (χ2n) is 7.69. The average molecular weight is 411 g/mol. The molecule has 0 aromatic carbocycles. The van der Waals surface area contributed by atoms with Crippen LogP contribution in [0, 0.1) is 0 Å². The highest BCUT2D eigenvalue weighted by molar-refractivity contribution is 5.85. The normalized spacial score (nSPS) is 30.5. The Morgan fingerprint density at radius 2 is 1.73 bits per heavy atom. The van der Waals surface area contributed by atoms with Crippen LogP contribution in [0.3, 0.4) is 0 Å². The molecule has 0 aliphatic carbocycles. The Kier molecular flexibility index (Phi) is 10.7. The Labute approximate surface area is 170 Å². The zero-order valence-corrected chi connectivity index (χ0v) is 17.8. The van der Waals surface area contributed by atoms with Gasteiger partial charge in [-0.2, -0.15) is 0 Å². The topological polar surface area (TPSA) is 48.0 Å². The number of hydrogen-bond acceptors (Lipinski definition) is 5. The van der Waals surface area contributed by atoms with Gasteiger partial charge in [0.2, 0.25) is 5.91 Å². The Morgan fingerprint density at radius 1 is 1.08 bits per heavy atom. The molecule has 3 aliphatic rings. The fourth-order valence-corrected chi connectivity index (χ4v) is 4.44. The Bertz CT molecular complexity index is 414. The monoisotopic (exact) mass is 410 g/mol. The van der Waals surface area contributed by atoms with Gasteiger partial charge in [0.05, 0.1) is 12.2 Å². The van der Waals surface area contributed by atoms with Crippen LogP contribution in [0.4, 0.5) is 0 Å². The van der Waals surface area contributed by atoms with Gasteiger partial charge in [0.25, 0.3) is 0 Å². The van der Waals surface area contributed by atoms with Crippen molar-refractivity contribution >= 4 is 30.7 Å². The van der Waals surface area contributed by atoms with E-state index in [0.29, 0.717) is 30.6 Å². The Hall–Kier alpha value is -0.110. The number of nitrogens with zero attached hydrogens (tertiary/aromatic N) is 3. The van der Waals surface area contributed by atoms with E-state index in [-0.39, 0.29) is 24.8 Å².